The topological polar surface area (TPSA) is 0 Å². The van der Waals surface area contributed by atoms with Gasteiger partial charge >= 0.3 is 0 Å². The lowest BCUT2D eigenvalue weighted by Crippen LogP contribution is -2.08. The molecular weight excluding hydrogens is 156 g/mol. The Balaban J connectivity index is 4.11. The molecule has 13 heavy (non-hydrogen) atoms. The molecule has 1 atom stereocenters. The molecule has 0 saturated carbocycles. The molecule has 0 N–H and O–H groups in total. The van der Waals surface area contributed by atoms with E-state index in [9.17, 15) is 0 Å². The van der Waals surface area contributed by atoms with E-state index in [0.29, 0.717) is 0 Å². The van der Waals surface area contributed by atoms with Gasteiger partial charge in [-0.05, 0) is 31.1 Å². The zero-order valence-corrected chi connectivity index (χ0v) is 10.1. The normalized spacial score (nSPS) is 15.1. The van der Waals surface area contributed by atoms with Crippen molar-refractivity contribution in [1.29, 1.82) is 0 Å². The Labute approximate surface area is 84.4 Å². The Morgan fingerprint density at radius 1 is 1.15 bits per heavy atom. The average Bonchev–Trinajstić information content (AvgIpc) is 2.11. The summed E-state index contributed by atoms with van der Waals surface area (Å²) in [7, 11) is 0. The van der Waals surface area contributed by atoms with Gasteiger partial charge in [-0.3, -0.25) is 0 Å². The first-order valence-corrected chi connectivity index (χ1v) is 5.83. The van der Waals surface area contributed by atoms with E-state index in [1.165, 1.54) is 25.7 Å². The first kappa shape index (κ1) is 12.7. The molecule has 0 heteroatoms. The molecule has 0 aromatic carbocycles. The molecule has 0 fully saturated rings. The summed E-state index contributed by atoms with van der Waals surface area (Å²) in [5.74, 6) is 1.72. The van der Waals surface area contributed by atoms with E-state index < -0.39 is 0 Å². The van der Waals surface area contributed by atoms with Crippen LogP contribution in [0, 0.1) is 11.8 Å². The fourth-order valence-corrected chi connectivity index (χ4v) is 1.85. The molecule has 0 spiro atoms. The van der Waals surface area contributed by atoms with Gasteiger partial charge in [0.2, 0.25) is 0 Å². The van der Waals surface area contributed by atoms with Gasteiger partial charge in [0.1, 0.15) is 0 Å². The van der Waals surface area contributed by atoms with Crippen LogP contribution in [0.5, 0.6) is 0 Å². The Kier molecular flexibility index (Phi) is 7.03. The molecule has 0 aromatic rings. The van der Waals surface area contributed by atoms with Crippen LogP contribution in [0.2, 0.25) is 0 Å². The second-order valence-corrected chi connectivity index (χ2v) is 4.24. The summed E-state index contributed by atoms with van der Waals surface area (Å²) >= 11 is 0. The zero-order chi connectivity index (χ0) is 10.3. The lowest BCUT2D eigenvalue weighted by Gasteiger charge is -2.20. The van der Waals surface area contributed by atoms with Gasteiger partial charge in [0.25, 0.3) is 0 Å². The van der Waals surface area contributed by atoms with Gasteiger partial charge in [0.05, 0.1) is 0 Å². The van der Waals surface area contributed by atoms with Gasteiger partial charge in [-0.15, -0.1) is 0 Å². The van der Waals surface area contributed by atoms with Gasteiger partial charge < -0.3 is 0 Å². The Bertz CT molecular complexity index is 142. The Morgan fingerprint density at radius 2 is 1.77 bits per heavy atom. The van der Waals surface area contributed by atoms with Crippen LogP contribution in [0.15, 0.2) is 11.6 Å². The third-order valence-corrected chi connectivity index (χ3v) is 2.94. The van der Waals surface area contributed by atoms with Crippen molar-refractivity contribution in [1.82, 2.24) is 0 Å². The summed E-state index contributed by atoms with van der Waals surface area (Å²) in [4.78, 5) is 0. The minimum atomic E-state index is 0.830. The van der Waals surface area contributed by atoms with E-state index in [0.717, 1.165) is 11.8 Å². The summed E-state index contributed by atoms with van der Waals surface area (Å²) in [5.41, 5.74) is 1.66. The highest BCUT2D eigenvalue weighted by atomic mass is 14.2. The quantitative estimate of drug-likeness (QED) is 0.517. The summed E-state index contributed by atoms with van der Waals surface area (Å²) in [6.45, 7) is 11.5. The fraction of sp³-hybridized carbons (Fsp3) is 0.846. The average molecular weight is 182 g/mol. The Hall–Kier alpha value is -0.260. The van der Waals surface area contributed by atoms with E-state index in [4.69, 9.17) is 0 Å². The molecule has 0 aliphatic rings. The third kappa shape index (κ3) is 5.13. The van der Waals surface area contributed by atoms with Crippen LogP contribution in [0.4, 0.5) is 0 Å². The monoisotopic (exact) mass is 182 g/mol. The molecule has 0 bridgehead atoms. The number of hydrogen-bond donors (Lipinski definition) is 0. The maximum absolute atomic E-state index is 2.41. The summed E-state index contributed by atoms with van der Waals surface area (Å²) < 4.78 is 0. The smallest absolute Gasteiger partial charge is 0.0290 e. The summed E-state index contributed by atoms with van der Waals surface area (Å²) in [6, 6.07) is 0. The minimum absolute atomic E-state index is 0.830. The molecule has 78 valence electrons. The lowest BCUT2D eigenvalue weighted by molar-refractivity contribution is 0.367. The second-order valence-electron chi connectivity index (χ2n) is 4.24. The third-order valence-electron chi connectivity index (χ3n) is 2.94. The van der Waals surface area contributed by atoms with Gasteiger partial charge in [-0.2, -0.15) is 0 Å². The summed E-state index contributed by atoms with van der Waals surface area (Å²) in [5, 5.41) is 0. The fourth-order valence-electron chi connectivity index (χ4n) is 1.85. The SMILES string of the molecule is CCC=C(CC)CC(CC)C(C)C. The van der Waals surface area contributed by atoms with Crippen molar-refractivity contribution < 1.29 is 0 Å². The standard InChI is InChI=1S/C13H26/c1-6-9-12(7-2)10-13(8-3)11(4)5/h9,11,13H,6-8,10H2,1-5H3. The zero-order valence-electron chi connectivity index (χ0n) is 10.1. The van der Waals surface area contributed by atoms with Crippen LogP contribution < -0.4 is 0 Å². The molecule has 0 nitrogen and oxygen atoms in total. The van der Waals surface area contributed by atoms with Crippen LogP contribution in [0.3, 0.4) is 0 Å². The van der Waals surface area contributed by atoms with Crippen molar-refractivity contribution in [2.75, 3.05) is 0 Å². The molecule has 0 radical (unpaired) electrons. The van der Waals surface area contributed by atoms with E-state index in [1.807, 2.05) is 0 Å². The molecule has 0 amide bonds. The molecule has 0 aromatic heterocycles. The second kappa shape index (κ2) is 7.17. The highest BCUT2D eigenvalue weighted by Gasteiger charge is 2.11. The molecule has 0 rings (SSSR count). The van der Waals surface area contributed by atoms with Crippen LogP contribution in [0.1, 0.15) is 60.3 Å². The van der Waals surface area contributed by atoms with Crippen LogP contribution >= 0.6 is 0 Å². The number of rotatable bonds is 6. The van der Waals surface area contributed by atoms with Crippen molar-refractivity contribution in [2.45, 2.75) is 60.3 Å². The summed E-state index contributed by atoms with van der Waals surface area (Å²) in [6.07, 6.45) is 7.47. The van der Waals surface area contributed by atoms with Crippen LogP contribution in [0.25, 0.3) is 0 Å². The number of allylic oxidation sites excluding steroid dienone is 2. The molecule has 0 heterocycles. The van der Waals surface area contributed by atoms with E-state index in [-0.39, 0.29) is 0 Å². The van der Waals surface area contributed by atoms with Crippen molar-refractivity contribution in [3.8, 4) is 0 Å². The van der Waals surface area contributed by atoms with Crippen molar-refractivity contribution >= 4 is 0 Å². The first-order valence-electron chi connectivity index (χ1n) is 5.83. The van der Waals surface area contributed by atoms with Gasteiger partial charge in [-0.1, -0.05) is 52.7 Å². The Morgan fingerprint density at radius 3 is 2.08 bits per heavy atom. The van der Waals surface area contributed by atoms with Gasteiger partial charge in [0, 0.05) is 0 Å². The van der Waals surface area contributed by atoms with Crippen molar-refractivity contribution in [2.24, 2.45) is 11.8 Å². The van der Waals surface area contributed by atoms with Gasteiger partial charge in [-0.25, -0.2) is 0 Å². The highest BCUT2D eigenvalue weighted by molar-refractivity contribution is 5.02. The first-order chi connectivity index (χ1) is 6.15. The van der Waals surface area contributed by atoms with Crippen molar-refractivity contribution in [3.63, 3.8) is 0 Å². The van der Waals surface area contributed by atoms with E-state index in [2.05, 4.69) is 40.7 Å². The largest absolute Gasteiger partial charge is 0.0856 e. The minimum Gasteiger partial charge on any atom is -0.0856 e. The number of hydrogen-bond acceptors (Lipinski definition) is 0. The van der Waals surface area contributed by atoms with E-state index >= 15 is 0 Å². The van der Waals surface area contributed by atoms with Crippen molar-refractivity contribution in [3.05, 3.63) is 11.6 Å². The predicted molar refractivity (Wildman–Crippen MR) is 61.9 cm³/mol. The molecule has 0 saturated heterocycles. The maximum Gasteiger partial charge on any atom is -0.0290 e. The molecule has 1 unspecified atom stereocenters. The predicted octanol–water partition coefficient (Wildman–Crippen LogP) is 4.81. The molecular formula is C13H26. The van der Waals surface area contributed by atoms with E-state index in [1.54, 1.807) is 5.57 Å². The van der Waals surface area contributed by atoms with Crippen LogP contribution in [-0.4, -0.2) is 0 Å². The highest BCUT2D eigenvalue weighted by Crippen LogP contribution is 2.24. The van der Waals surface area contributed by atoms with Crippen LogP contribution in [-0.2, 0) is 0 Å². The molecule has 0 aliphatic carbocycles. The van der Waals surface area contributed by atoms with Gasteiger partial charge in [0.15, 0.2) is 0 Å². The lowest BCUT2D eigenvalue weighted by atomic mass is 9.86. The molecule has 0 aliphatic heterocycles. The maximum atomic E-state index is 2.41.